The van der Waals surface area contributed by atoms with E-state index in [1.165, 1.54) is 12.8 Å². The number of hydrogen-bond donors (Lipinski definition) is 0. The summed E-state index contributed by atoms with van der Waals surface area (Å²) in [6.07, 6.45) is 7.38. The van der Waals surface area contributed by atoms with Crippen molar-refractivity contribution in [3.8, 4) is 0 Å². The Morgan fingerprint density at radius 2 is 1.81 bits per heavy atom. The number of aromatic nitrogens is 2. The number of nitrogens with zero attached hydrogens (tertiary/aromatic N) is 4. The molecule has 0 N–H and O–H groups in total. The molecular formula is C21H32N4O2. The van der Waals surface area contributed by atoms with E-state index in [0.717, 1.165) is 69.5 Å². The molecule has 0 aromatic carbocycles. The van der Waals surface area contributed by atoms with Crippen LogP contribution in [0.4, 0.5) is 0 Å². The van der Waals surface area contributed by atoms with Gasteiger partial charge in [0.15, 0.2) is 0 Å². The number of amides is 1. The van der Waals surface area contributed by atoms with Crippen LogP contribution in [-0.2, 0) is 24.2 Å². The summed E-state index contributed by atoms with van der Waals surface area (Å²) in [4.78, 5) is 29.4. The lowest BCUT2D eigenvalue weighted by atomic mass is 9.95. The summed E-state index contributed by atoms with van der Waals surface area (Å²) in [5, 5.41) is 4.67. The molecule has 27 heavy (non-hydrogen) atoms. The van der Waals surface area contributed by atoms with Crippen LogP contribution < -0.4 is 5.56 Å². The zero-order chi connectivity index (χ0) is 19.0. The van der Waals surface area contributed by atoms with Crippen LogP contribution in [0.1, 0.15) is 57.2 Å². The molecule has 3 aliphatic rings. The summed E-state index contributed by atoms with van der Waals surface area (Å²) >= 11 is 0. The number of carbonyl (C=O) groups excluding carboxylic acids is 1. The van der Waals surface area contributed by atoms with E-state index in [0.29, 0.717) is 17.9 Å². The van der Waals surface area contributed by atoms with Crippen molar-refractivity contribution < 1.29 is 4.79 Å². The number of rotatable bonds is 4. The topological polar surface area (TPSA) is 58.4 Å². The van der Waals surface area contributed by atoms with Gasteiger partial charge in [-0.25, -0.2) is 4.68 Å². The lowest BCUT2D eigenvalue weighted by molar-refractivity contribution is -0.134. The van der Waals surface area contributed by atoms with Crippen molar-refractivity contribution in [2.45, 2.75) is 77.4 Å². The molecule has 3 heterocycles. The fraction of sp³-hybridized carbons (Fsp3) is 0.762. The third-order valence-electron chi connectivity index (χ3n) is 6.63. The first-order chi connectivity index (χ1) is 13.0. The molecule has 0 bridgehead atoms. The van der Waals surface area contributed by atoms with Crippen molar-refractivity contribution in [1.29, 1.82) is 0 Å². The first-order valence-electron chi connectivity index (χ1n) is 10.7. The SMILES string of the molecule is CC(C)N1CCC(N2CCC(Cn3nc4c(cc3=O)CCCC4)CC2)C1=O. The molecular weight excluding hydrogens is 340 g/mol. The monoisotopic (exact) mass is 372 g/mol. The molecule has 1 aromatic rings. The van der Waals surface area contributed by atoms with Gasteiger partial charge in [0.2, 0.25) is 5.91 Å². The molecule has 2 fully saturated rings. The highest BCUT2D eigenvalue weighted by Gasteiger charge is 2.38. The number of likely N-dealkylation sites (tertiary alicyclic amines) is 2. The maximum absolute atomic E-state index is 12.6. The van der Waals surface area contributed by atoms with E-state index in [1.807, 2.05) is 11.0 Å². The van der Waals surface area contributed by atoms with Gasteiger partial charge >= 0.3 is 0 Å². The Kier molecular flexibility index (Phi) is 5.35. The lowest BCUT2D eigenvalue weighted by Gasteiger charge is -2.35. The Bertz CT molecular complexity index is 749. The van der Waals surface area contributed by atoms with Gasteiger partial charge in [-0.15, -0.1) is 0 Å². The molecule has 4 rings (SSSR count). The summed E-state index contributed by atoms with van der Waals surface area (Å²) in [7, 11) is 0. The van der Waals surface area contributed by atoms with Crippen molar-refractivity contribution in [2.75, 3.05) is 19.6 Å². The number of hydrogen-bond acceptors (Lipinski definition) is 4. The van der Waals surface area contributed by atoms with Gasteiger partial charge in [0.25, 0.3) is 5.56 Å². The van der Waals surface area contributed by atoms with Crippen LogP contribution in [0, 0.1) is 5.92 Å². The van der Waals surface area contributed by atoms with Gasteiger partial charge in [0.1, 0.15) is 0 Å². The average Bonchev–Trinajstić information content (AvgIpc) is 3.05. The highest BCUT2D eigenvalue weighted by molar-refractivity contribution is 5.84. The van der Waals surface area contributed by atoms with E-state index in [1.54, 1.807) is 4.68 Å². The summed E-state index contributed by atoms with van der Waals surface area (Å²) in [6.45, 7) is 7.69. The van der Waals surface area contributed by atoms with E-state index in [9.17, 15) is 9.59 Å². The minimum Gasteiger partial charge on any atom is -0.339 e. The van der Waals surface area contributed by atoms with E-state index in [2.05, 4.69) is 23.8 Å². The Labute approximate surface area is 161 Å². The quantitative estimate of drug-likeness (QED) is 0.809. The van der Waals surface area contributed by atoms with Gasteiger partial charge in [-0.05, 0) is 83.4 Å². The standard InChI is InChI=1S/C21H32N4O2/c1-15(2)24-12-9-19(21(24)27)23-10-7-16(8-11-23)14-25-20(26)13-17-5-3-4-6-18(17)22-25/h13,15-16,19H,3-12,14H2,1-2H3. The van der Waals surface area contributed by atoms with Crippen LogP contribution in [0.25, 0.3) is 0 Å². The molecule has 148 valence electrons. The molecule has 0 saturated carbocycles. The van der Waals surface area contributed by atoms with Crippen LogP contribution in [0.5, 0.6) is 0 Å². The van der Waals surface area contributed by atoms with Crippen LogP contribution in [0.2, 0.25) is 0 Å². The van der Waals surface area contributed by atoms with Gasteiger partial charge in [0.05, 0.1) is 11.7 Å². The fourth-order valence-corrected chi connectivity index (χ4v) is 4.96. The van der Waals surface area contributed by atoms with Gasteiger partial charge in [-0.3, -0.25) is 14.5 Å². The van der Waals surface area contributed by atoms with Gasteiger partial charge in [0, 0.05) is 25.2 Å². The maximum Gasteiger partial charge on any atom is 0.267 e. The minimum absolute atomic E-state index is 0.0524. The highest BCUT2D eigenvalue weighted by Crippen LogP contribution is 2.26. The highest BCUT2D eigenvalue weighted by atomic mass is 16.2. The maximum atomic E-state index is 12.6. The van der Waals surface area contributed by atoms with Crippen LogP contribution in [-0.4, -0.2) is 57.2 Å². The third kappa shape index (κ3) is 3.82. The Balaban J connectivity index is 1.35. The second kappa shape index (κ2) is 7.74. The lowest BCUT2D eigenvalue weighted by Crippen LogP contribution is -2.47. The van der Waals surface area contributed by atoms with Gasteiger partial charge in [-0.2, -0.15) is 5.10 Å². The summed E-state index contributed by atoms with van der Waals surface area (Å²) in [5.74, 6) is 0.779. The third-order valence-corrected chi connectivity index (χ3v) is 6.63. The molecule has 2 aliphatic heterocycles. The molecule has 1 aromatic heterocycles. The zero-order valence-electron chi connectivity index (χ0n) is 16.7. The number of fused-ring (bicyclic) bond motifs is 1. The molecule has 6 nitrogen and oxygen atoms in total. The van der Waals surface area contributed by atoms with Crippen LogP contribution in [0.3, 0.4) is 0 Å². The van der Waals surface area contributed by atoms with Crippen molar-refractivity contribution >= 4 is 5.91 Å². The van der Waals surface area contributed by atoms with Crippen LogP contribution in [0.15, 0.2) is 10.9 Å². The van der Waals surface area contributed by atoms with Crippen molar-refractivity contribution in [1.82, 2.24) is 19.6 Å². The Morgan fingerprint density at radius 3 is 2.52 bits per heavy atom. The van der Waals surface area contributed by atoms with E-state index in [-0.39, 0.29) is 11.6 Å². The number of piperidine rings is 1. The second-order valence-corrected chi connectivity index (χ2v) is 8.75. The fourth-order valence-electron chi connectivity index (χ4n) is 4.96. The molecule has 6 heteroatoms. The largest absolute Gasteiger partial charge is 0.339 e. The molecule has 2 saturated heterocycles. The molecule has 0 spiro atoms. The van der Waals surface area contributed by atoms with Gasteiger partial charge < -0.3 is 4.90 Å². The minimum atomic E-state index is 0.0524. The summed E-state index contributed by atoms with van der Waals surface area (Å²) in [6, 6.07) is 2.17. The smallest absolute Gasteiger partial charge is 0.267 e. The van der Waals surface area contributed by atoms with Crippen LogP contribution >= 0.6 is 0 Å². The van der Waals surface area contributed by atoms with Crippen molar-refractivity contribution in [3.63, 3.8) is 0 Å². The Hall–Kier alpha value is -1.69. The zero-order valence-corrected chi connectivity index (χ0v) is 16.7. The number of aryl methyl sites for hydroxylation is 2. The predicted molar refractivity (Wildman–Crippen MR) is 105 cm³/mol. The molecule has 0 radical (unpaired) electrons. The Morgan fingerprint density at radius 1 is 1.07 bits per heavy atom. The summed E-state index contributed by atoms with van der Waals surface area (Å²) in [5.41, 5.74) is 2.34. The van der Waals surface area contributed by atoms with Crippen molar-refractivity contribution in [2.24, 2.45) is 5.92 Å². The van der Waals surface area contributed by atoms with E-state index < -0.39 is 0 Å². The molecule has 1 aliphatic carbocycles. The molecule has 1 amide bonds. The van der Waals surface area contributed by atoms with Gasteiger partial charge in [-0.1, -0.05) is 0 Å². The predicted octanol–water partition coefficient (Wildman–Crippen LogP) is 1.84. The number of carbonyl (C=O) groups is 1. The average molecular weight is 373 g/mol. The normalized spacial score (nSPS) is 24.6. The first-order valence-corrected chi connectivity index (χ1v) is 10.7. The van der Waals surface area contributed by atoms with Crippen molar-refractivity contribution in [3.05, 3.63) is 27.7 Å². The molecule has 1 atom stereocenters. The molecule has 1 unspecified atom stereocenters. The van der Waals surface area contributed by atoms with E-state index >= 15 is 0 Å². The first kappa shape index (κ1) is 18.7. The second-order valence-electron chi connectivity index (χ2n) is 8.75. The van der Waals surface area contributed by atoms with E-state index in [4.69, 9.17) is 0 Å². The summed E-state index contributed by atoms with van der Waals surface area (Å²) < 4.78 is 1.70.